The third-order valence-electron chi connectivity index (χ3n) is 11.9. The summed E-state index contributed by atoms with van der Waals surface area (Å²) in [4.78, 5) is 88.9. The number of benzene rings is 4. The van der Waals surface area contributed by atoms with Crippen LogP contribution in [0.4, 0.5) is 5.13 Å². The Bertz CT molecular complexity index is 2860. The SMILES string of the molecule is CC(=O)Oc1cc2c(cc1OC(C)=O)C[N+](C)(C/C=C/C1=C(C(=O)O)N3C(=O)C(NC(=O)/C(=N\OCC(=O)OC(C)(C)C)c4csc(NC(c5ccccc5)(c5ccccc5)c5ccccc5)n4)[C@H]3SC1)C2. The molecule has 3 aliphatic rings. The molecule has 3 aliphatic heterocycles. The molecule has 17 nitrogen and oxygen atoms in total. The first-order valence-electron chi connectivity index (χ1n) is 22.9. The third-order valence-corrected chi connectivity index (χ3v) is 13.9. The summed E-state index contributed by atoms with van der Waals surface area (Å²) in [7, 11) is 2.02. The zero-order valence-corrected chi connectivity index (χ0v) is 42.0. The first-order chi connectivity index (χ1) is 34.3. The highest BCUT2D eigenvalue weighted by Crippen LogP contribution is 2.43. The van der Waals surface area contributed by atoms with Gasteiger partial charge in [0.15, 0.2) is 22.3 Å². The van der Waals surface area contributed by atoms with Crippen LogP contribution in [0.5, 0.6) is 11.5 Å². The molecule has 0 saturated carbocycles. The quantitative estimate of drug-likeness (QED) is 0.0164. The van der Waals surface area contributed by atoms with Gasteiger partial charge in [-0.05, 0) is 61.2 Å². The van der Waals surface area contributed by atoms with Gasteiger partial charge < -0.3 is 39.3 Å². The van der Waals surface area contributed by atoms with Crippen molar-refractivity contribution >= 4 is 69.6 Å². The predicted molar refractivity (Wildman–Crippen MR) is 270 cm³/mol. The lowest BCUT2D eigenvalue weighted by atomic mass is 9.77. The number of hydrogen-bond donors (Lipinski definition) is 3. The van der Waals surface area contributed by atoms with Gasteiger partial charge in [0, 0.05) is 36.1 Å². The summed E-state index contributed by atoms with van der Waals surface area (Å²) in [5.41, 5.74) is 2.77. The Labute approximate surface area is 424 Å². The molecule has 19 heteroatoms. The molecule has 372 valence electrons. The summed E-state index contributed by atoms with van der Waals surface area (Å²) >= 11 is 2.50. The van der Waals surface area contributed by atoms with Crippen molar-refractivity contribution in [1.29, 1.82) is 0 Å². The van der Waals surface area contributed by atoms with Gasteiger partial charge in [0.1, 0.15) is 47.0 Å². The van der Waals surface area contributed by atoms with Crippen LogP contribution in [0.2, 0.25) is 0 Å². The predicted octanol–water partition coefficient (Wildman–Crippen LogP) is 6.92. The summed E-state index contributed by atoms with van der Waals surface area (Å²) in [5.74, 6) is -4.12. The van der Waals surface area contributed by atoms with Gasteiger partial charge in [0.25, 0.3) is 11.8 Å². The van der Waals surface area contributed by atoms with E-state index in [0.29, 0.717) is 34.8 Å². The molecular weight excluding hydrogens is 961 g/mol. The largest absolute Gasteiger partial charge is 0.477 e. The summed E-state index contributed by atoms with van der Waals surface area (Å²) < 4.78 is 16.5. The topological polar surface area (TPSA) is 212 Å². The molecular formula is C53H53N6O11S2+. The number of carboxylic acid groups (broad SMARTS) is 1. The number of nitrogens with one attached hydrogen (secondary N) is 2. The third kappa shape index (κ3) is 11.1. The van der Waals surface area contributed by atoms with E-state index in [1.54, 1.807) is 44.4 Å². The summed E-state index contributed by atoms with van der Waals surface area (Å²) in [6, 6.07) is 31.9. The number of amides is 2. The molecule has 72 heavy (non-hydrogen) atoms. The van der Waals surface area contributed by atoms with Crippen molar-refractivity contribution in [3.63, 3.8) is 0 Å². The van der Waals surface area contributed by atoms with Gasteiger partial charge in [0.2, 0.25) is 6.61 Å². The fourth-order valence-electron chi connectivity index (χ4n) is 8.95. The van der Waals surface area contributed by atoms with Crippen molar-refractivity contribution in [3.05, 3.63) is 165 Å². The van der Waals surface area contributed by atoms with E-state index in [2.05, 4.69) is 15.8 Å². The molecule has 1 aromatic heterocycles. The molecule has 4 heterocycles. The summed E-state index contributed by atoms with van der Waals surface area (Å²) in [6.45, 7) is 8.57. The molecule has 0 aliphatic carbocycles. The molecule has 2 amide bonds. The minimum Gasteiger partial charge on any atom is -0.477 e. The minimum atomic E-state index is -1.30. The maximum absolute atomic E-state index is 14.4. The van der Waals surface area contributed by atoms with Gasteiger partial charge in [-0.2, -0.15) is 0 Å². The number of esters is 3. The number of β-lactam (4-membered cyclic amide) rings is 1. The Hall–Kier alpha value is -7.61. The standard InChI is InChI=1S/C53H52N6O11S2/c1-32(60)68-41-25-35-27-59(6,28-36(35)26-42(41)69-33(2)61)24-16-17-34-30-71-49-45(48(64)58(49)46(34)50(65)66)55-47(63)44(57-67-29-43(62)70-52(3,4)5)40-31-72-51(54-40)56-53(37-18-10-7-11-19-37,38-20-12-8-13-21-38)39-22-14-9-15-23-39/h7-23,25-26,31,45,49H,24,27-30H2,1-6H3,(H2-,54,55,56,63,65,66)/p+1/b17-16+,57-44-/t45?,49-/m1/s1. The Kier molecular flexibility index (Phi) is 14.8. The Morgan fingerprint density at radius 3 is 1.90 bits per heavy atom. The van der Waals surface area contributed by atoms with Gasteiger partial charge >= 0.3 is 23.9 Å². The molecule has 1 fully saturated rings. The van der Waals surface area contributed by atoms with E-state index in [4.69, 9.17) is 24.0 Å². The van der Waals surface area contributed by atoms with Crippen molar-refractivity contribution < 1.29 is 57.4 Å². The number of hydrogen-bond acceptors (Lipinski definition) is 15. The normalized spacial score (nSPS) is 17.3. The number of aromatic nitrogens is 1. The molecule has 1 saturated heterocycles. The Morgan fingerprint density at radius 2 is 1.40 bits per heavy atom. The number of thioether (sulfide) groups is 1. The number of quaternary nitrogens is 1. The first kappa shape index (κ1) is 50.8. The highest BCUT2D eigenvalue weighted by atomic mass is 32.2. The molecule has 0 bridgehead atoms. The fraction of sp³-hybridized carbons (Fsp3) is 0.283. The number of thiazole rings is 1. The van der Waals surface area contributed by atoms with Crippen LogP contribution >= 0.6 is 23.1 Å². The average Bonchev–Trinajstić information content (AvgIpc) is 3.93. The number of oxime groups is 1. The Balaban J connectivity index is 1.02. The number of allylic oxidation sites excluding steroid dienone is 1. The van der Waals surface area contributed by atoms with Crippen LogP contribution in [0.3, 0.4) is 0 Å². The van der Waals surface area contributed by atoms with Crippen LogP contribution < -0.4 is 20.1 Å². The number of carbonyl (C=O) groups excluding carboxylic acids is 5. The van der Waals surface area contributed by atoms with Crippen molar-refractivity contribution in [2.75, 3.05) is 31.3 Å². The number of rotatable bonds is 17. The van der Waals surface area contributed by atoms with Gasteiger partial charge in [-0.15, -0.1) is 23.1 Å². The van der Waals surface area contributed by atoms with E-state index in [1.807, 2.05) is 104 Å². The zero-order chi connectivity index (χ0) is 51.4. The van der Waals surface area contributed by atoms with Crippen molar-refractivity contribution in [2.24, 2.45) is 5.16 Å². The maximum Gasteiger partial charge on any atom is 0.352 e. The van der Waals surface area contributed by atoms with Crippen molar-refractivity contribution in [3.8, 4) is 11.5 Å². The molecule has 3 N–H and O–H groups in total. The number of ether oxygens (including phenoxy) is 3. The van der Waals surface area contributed by atoms with Gasteiger partial charge in [-0.25, -0.2) is 14.6 Å². The molecule has 5 aromatic rings. The second kappa shape index (κ2) is 21.0. The Morgan fingerprint density at radius 1 is 0.861 bits per heavy atom. The number of likely N-dealkylation sites (N-methyl/N-ethyl adjacent to an activating group) is 1. The van der Waals surface area contributed by atoms with E-state index in [-0.39, 0.29) is 34.4 Å². The monoisotopic (exact) mass is 1010 g/mol. The van der Waals surface area contributed by atoms with E-state index >= 15 is 0 Å². The van der Waals surface area contributed by atoms with E-state index in [0.717, 1.165) is 27.8 Å². The number of nitrogens with zero attached hydrogens (tertiary/aromatic N) is 4. The molecule has 0 spiro atoms. The van der Waals surface area contributed by atoms with E-state index in [9.17, 15) is 33.9 Å². The highest BCUT2D eigenvalue weighted by molar-refractivity contribution is 8.00. The van der Waals surface area contributed by atoms with Gasteiger partial charge in [0.05, 0.1) is 13.6 Å². The van der Waals surface area contributed by atoms with E-state index < -0.39 is 64.9 Å². The summed E-state index contributed by atoms with van der Waals surface area (Å²) in [6.07, 6.45) is 3.56. The van der Waals surface area contributed by atoms with Crippen molar-refractivity contribution in [1.82, 2.24) is 15.2 Å². The van der Waals surface area contributed by atoms with Crippen LogP contribution in [-0.2, 0) is 57.0 Å². The lowest BCUT2D eigenvalue weighted by Gasteiger charge is -2.49. The number of anilines is 1. The van der Waals surface area contributed by atoms with E-state index in [1.165, 1.54) is 41.8 Å². The fourth-order valence-corrected chi connectivity index (χ4v) is 11.0. The lowest BCUT2D eigenvalue weighted by Crippen LogP contribution is -2.71. The van der Waals surface area contributed by atoms with Crippen LogP contribution in [0.25, 0.3) is 0 Å². The lowest BCUT2D eigenvalue weighted by molar-refractivity contribution is -0.923. The minimum absolute atomic E-state index is 0.0814. The molecule has 2 atom stereocenters. The highest BCUT2D eigenvalue weighted by Gasteiger charge is 2.54. The van der Waals surface area contributed by atoms with Gasteiger partial charge in [-0.1, -0.05) is 102 Å². The van der Waals surface area contributed by atoms with Gasteiger partial charge in [-0.3, -0.25) is 24.1 Å². The average molecular weight is 1010 g/mol. The summed E-state index contributed by atoms with van der Waals surface area (Å²) in [5, 5.41) is 22.3. The second-order valence-corrected chi connectivity index (χ2v) is 20.6. The second-order valence-electron chi connectivity index (χ2n) is 18.6. The molecule has 1 unspecified atom stereocenters. The van der Waals surface area contributed by atoms with Crippen LogP contribution in [-0.4, -0.2) is 104 Å². The zero-order valence-electron chi connectivity index (χ0n) is 40.4. The number of fused-ring (bicyclic) bond motifs is 2. The smallest absolute Gasteiger partial charge is 0.352 e. The van der Waals surface area contributed by atoms with Crippen molar-refractivity contribution in [2.45, 2.75) is 70.3 Å². The van der Waals surface area contributed by atoms with Crippen LogP contribution in [0, 0.1) is 0 Å². The van der Waals surface area contributed by atoms with Crippen LogP contribution in [0.15, 0.2) is 137 Å². The number of carbonyl (C=O) groups is 6. The molecule has 4 aromatic carbocycles. The number of aliphatic carboxylic acids is 1. The molecule has 8 rings (SSSR count). The maximum atomic E-state index is 14.4. The number of carboxylic acids is 1. The molecule has 0 radical (unpaired) electrons. The van der Waals surface area contributed by atoms with Crippen LogP contribution in [0.1, 0.15) is 68.1 Å². The first-order valence-corrected chi connectivity index (χ1v) is 24.8.